The van der Waals surface area contributed by atoms with Crippen molar-refractivity contribution in [3.05, 3.63) is 17.6 Å². The normalized spacial score (nSPS) is 10.6. The Balaban J connectivity index is 3.05. The summed E-state index contributed by atoms with van der Waals surface area (Å²) in [5, 5.41) is 8.58. The van der Waals surface area contributed by atoms with Gasteiger partial charge in [0.15, 0.2) is 0 Å². The topological polar surface area (TPSA) is 66.3 Å². The van der Waals surface area contributed by atoms with E-state index in [0.29, 0.717) is 0 Å². The van der Waals surface area contributed by atoms with Crippen LogP contribution in [0.15, 0.2) is 6.33 Å². The van der Waals surface area contributed by atoms with E-state index in [1.807, 2.05) is 0 Å². The summed E-state index contributed by atoms with van der Waals surface area (Å²) in [6.45, 7) is 1.13. The van der Waals surface area contributed by atoms with Gasteiger partial charge in [-0.25, -0.2) is 18.7 Å². The van der Waals surface area contributed by atoms with Crippen LogP contribution in [0.1, 0.15) is 17.7 Å². The van der Waals surface area contributed by atoms with E-state index in [2.05, 4.69) is 9.97 Å². The van der Waals surface area contributed by atoms with Gasteiger partial charge in [-0.2, -0.15) is 0 Å². The van der Waals surface area contributed by atoms with Crippen LogP contribution in [0.25, 0.3) is 0 Å². The van der Waals surface area contributed by atoms with Crippen molar-refractivity contribution in [3.63, 3.8) is 0 Å². The molecule has 1 aromatic rings. The molecule has 1 N–H and O–H groups in total. The first-order chi connectivity index (χ1) is 7.43. The number of rotatable bonds is 4. The number of alkyl halides is 2. The number of hydrogen-bond donors (Lipinski definition) is 1. The first-order valence-corrected chi connectivity index (χ1v) is 4.46. The highest BCUT2D eigenvalue weighted by molar-refractivity contribution is 5.73. The maximum atomic E-state index is 12.5. The minimum atomic E-state index is -2.69. The summed E-state index contributed by atoms with van der Waals surface area (Å²) in [7, 11) is 1.47. The summed E-state index contributed by atoms with van der Waals surface area (Å²) in [5.74, 6) is -0.855. The molecule has 0 saturated heterocycles. The predicted octanol–water partition coefficient (Wildman–Crippen LogP) is 1.24. The lowest BCUT2D eigenvalue weighted by molar-refractivity contribution is -0.135. The van der Waals surface area contributed by atoms with E-state index in [9.17, 15) is 13.6 Å². The Bertz CT molecular complexity index is 398. The van der Waals surface area contributed by atoms with Gasteiger partial charge in [0.1, 0.15) is 24.4 Å². The quantitative estimate of drug-likeness (QED) is 0.844. The molecule has 0 spiro atoms. The molecule has 1 rings (SSSR count). The van der Waals surface area contributed by atoms with E-state index in [4.69, 9.17) is 5.11 Å². The monoisotopic (exact) mass is 231 g/mol. The lowest BCUT2D eigenvalue weighted by atomic mass is 10.2. The van der Waals surface area contributed by atoms with Crippen LogP contribution in [0.4, 0.5) is 14.6 Å². The minimum absolute atomic E-state index is 0.196. The Morgan fingerprint density at radius 2 is 2.19 bits per heavy atom. The lowest BCUT2D eigenvalue weighted by Gasteiger charge is -2.18. The maximum absolute atomic E-state index is 12.5. The smallest absolute Gasteiger partial charge is 0.323 e. The third-order valence-corrected chi connectivity index (χ3v) is 2.04. The Morgan fingerprint density at radius 3 is 2.69 bits per heavy atom. The Kier molecular flexibility index (Phi) is 3.70. The molecule has 1 heterocycles. The second-order valence-corrected chi connectivity index (χ2v) is 3.26. The molecular formula is C9H11F2N3O2. The summed E-state index contributed by atoms with van der Waals surface area (Å²) in [6.07, 6.45) is -1.69. The summed E-state index contributed by atoms with van der Waals surface area (Å²) in [6, 6.07) is 0. The molecule has 0 bridgehead atoms. The zero-order valence-corrected chi connectivity index (χ0v) is 8.81. The molecule has 0 aliphatic rings. The van der Waals surface area contributed by atoms with E-state index in [0.717, 1.165) is 6.33 Å². The van der Waals surface area contributed by atoms with E-state index in [1.54, 1.807) is 0 Å². The summed E-state index contributed by atoms with van der Waals surface area (Å²) in [5.41, 5.74) is -0.177. The fraction of sp³-hybridized carbons (Fsp3) is 0.444. The van der Waals surface area contributed by atoms with Gasteiger partial charge < -0.3 is 10.0 Å². The number of anilines is 1. The fourth-order valence-corrected chi connectivity index (χ4v) is 1.34. The molecule has 0 saturated carbocycles. The van der Waals surface area contributed by atoms with Crippen molar-refractivity contribution in [2.75, 3.05) is 18.5 Å². The van der Waals surface area contributed by atoms with Crippen molar-refractivity contribution in [1.29, 1.82) is 0 Å². The van der Waals surface area contributed by atoms with Gasteiger partial charge in [0, 0.05) is 12.6 Å². The van der Waals surface area contributed by atoms with Crippen LogP contribution < -0.4 is 4.90 Å². The van der Waals surface area contributed by atoms with Crippen LogP contribution >= 0.6 is 0 Å². The van der Waals surface area contributed by atoms with Crippen LogP contribution in [-0.2, 0) is 4.79 Å². The molecule has 0 atom stereocenters. The van der Waals surface area contributed by atoms with E-state index in [-0.39, 0.29) is 23.6 Å². The van der Waals surface area contributed by atoms with Gasteiger partial charge >= 0.3 is 5.97 Å². The predicted molar refractivity (Wildman–Crippen MR) is 52.6 cm³/mol. The number of hydrogen-bond acceptors (Lipinski definition) is 4. The number of carboxylic acid groups (broad SMARTS) is 1. The highest BCUT2D eigenvalue weighted by Crippen LogP contribution is 2.25. The second-order valence-electron chi connectivity index (χ2n) is 3.26. The highest BCUT2D eigenvalue weighted by Gasteiger charge is 2.18. The lowest BCUT2D eigenvalue weighted by Crippen LogP contribution is -2.27. The zero-order valence-electron chi connectivity index (χ0n) is 8.81. The molecule has 0 amide bonds. The Hall–Kier alpha value is -1.79. The van der Waals surface area contributed by atoms with Crippen molar-refractivity contribution < 1.29 is 18.7 Å². The van der Waals surface area contributed by atoms with Crippen LogP contribution in [0.3, 0.4) is 0 Å². The second kappa shape index (κ2) is 4.82. The van der Waals surface area contributed by atoms with Gasteiger partial charge in [-0.15, -0.1) is 0 Å². The number of carbonyl (C=O) groups is 1. The highest BCUT2D eigenvalue weighted by atomic mass is 19.3. The number of aliphatic carboxylic acids is 1. The molecule has 5 nitrogen and oxygen atoms in total. The van der Waals surface area contributed by atoms with Crippen molar-refractivity contribution >= 4 is 11.8 Å². The van der Waals surface area contributed by atoms with Crippen LogP contribution in [0, 0.1) is 6.92 Å². The van der Waals surface area contributed by atoms with Crippen molar-refractivity contribution in [2.24, 2.45) is 0 Å². The van der Waals surface area contributed by atoms with Gasteiger partial charge in [-0.05, 0) is 6.92 Å². The molecule has 0 aliphatic heterocycles. The third kappa shape index (κ3) is 2.62. The largest absolute Gasteiger partial charge is 0.480 e. The Morgan fingerprint density at radius 1 is 1.56 bits per heavy atom. The van der Waals surface area contributed by atoms with Crippen molar-refractivity contribution in [1.82, 2.24) is 9.97 Å². The molecule has 7 heteroatoms. The first kappa shape index (κ1) is 12.3. The van der Waals surface area contributed by atoms with Crippen molar-refractivity contribution in [2.45, 2.75) is 13.3 Å². The van der Waals surface area contributed by atoms with Crippen molar-refractivity contribution in [3.8, 4) is 0 Å². The number of nitrogens with zero attached hydrogens (tertiary/aromatic N) is 3. The van der Waals surface area contributed by atoms with Gasteiger partial charge in [-0.3, -0.25) is 4.79 Å². The molecule has 1 aromatic heterocycles. The molecule has 88 valence electrons. The zero-order chi connectivity index (χ0) is 12.3. The average Bonchev–Trinajstić information content (AvgIpc) is 2.16. The SMILES string of the molecule is Cc1c(C(F)F)ncnc1N(C)CC(=O)O. The number of likely N-dealkylation sites (N-methyl/N-ethyl adjacent to an activating group) is 1. The molecule has 0 radical (unpaired) electrons. The van der Waals surface area contributed by atoms with E-state index >= 15 is 0 Å². The molecular weight excluding hydrogens is 220 g/mol. The van der Waals surface area contributed by atoms with Crippen LogP contribution in [0.2, 0.25) is 0 Å². The molecule has 0 aromatic carbocycles. The Labute approximate surface area is 90.7 Å². The molecule has 0 unspecified atom stereocenters. The number of carboxylic acids is 1. The average molecular weight is 231 g/mol. The van der Waals surface area contributed by atoms with Gasteiger partial charge in [0.25, 0.3) is 6.43 Å². The van der Waals surface area contributed by atoms with Gasteiger partial charge in [0.05, 0.1) is 0 Å². The number of halogens is 2. The van der Waals surface area contributed by atoms with E-state index < -0.39 is 12.4 Å². The van der Waals surface area contributed by atoms with Crippen LogP contribution in [-0.4, -0.2) is 34.6 Å². The summed E-state index contributed by atoms with van der Waals surface area (Å²) in [4.78, 5) is 19.0. The standard InChI is InChI=1S/C9H11F2N3O2/c1-5-7(8(10)11)12-4-13-9(5)14(2)3-6(15)16/h4,8H,3H2,1-2H3,(H,15,16). The molecule has 0 fully saturated rings. The third-order valence-electron chi connectivity index (χ3n) is 2.04. The molecule has 0 aliphatic carbocycles. The van der Waals surface area contributed by atoms with Crippen LogP contribution in [0.5, 0.6) is 0 Å². The van der Waals surface area contributed by atoms with E-state index in [1.165, 1.54) is 18.9 Å². The summed E-state index contributed by atoms with van der Waals surface area (Å²) < 4.78 is 25.0. The minimum Gasteiger partial charge on any atom is -0.480 e. The molecule has 16 heavy (non-hydrogen) atoms. The summed E-state index contributed by atoms with van der Waals surface area (Å²) >= 11 is 0. The van der Waals surface area contributed by atoms with Gasteiger partial charge in [-0.1, -0.05) is 0 Å². The maximum Gasteiger partial charge on any atom is 0.323 e. The van der Waals surface area contributed by atoms with Gasteiger partial charge in [0.2, 0.25) is 0 Å². The fourth-order valence-electron chi connectivity index (χ4n) is 1.34. The first-order valence-electron chi connectivity index (χ1n) is 4.46. The number of aromatic nitrogens is 2.